The van der Waals surface area contributed by atoms with Crippen LogP contribution in [-0.2, 0) is 6.18 Å². The first kappa shape index (κ1) is 17.9. The van der Waals surface area contributed by atoms with Gasteiger partial charge in [-0.3, -0.25) is 20.1 Å². The highest BCUT2D eigenvalue weighted by Gasteiger charge is 2.34. The molecule has 0 unspecified atom stereocenters. The fourth-order valence-corrected chi connectivity index (χ4v) is 2.60. The molecule has 0 amide bonds. The Labute approximate surface area is 139 Å². The lowest BCUT2D eigenvalue weighted by atomic mass is 10.2. The Hall–Kier alpha value is -2.42. The number of alkyl halides is 3. The molecule has 0 saturated carbocycles. The lowest BCUT2D eigenvalue weighted by Gasteiger charge is -2.06. The lowest BCUT2D eigenvalue weighted by molar-refractivity contribution is -0.385. The first-order chi connectivity index (χ1) is 11.3. The molecule has 9 heteroatoms. The molecule has 2 aromatic rings. The van der Waals surface area contributed by atoms with E-state index in [-0.39, 0.29) is 5.56 Å². The molecule has 1 aromatic carbocycles. The minimum atomic E-state index is -4.75. The maximum atomic E-state index is 12.6. The van der Waals surface area contributed by atoms with E-state index in [1.165, 1.54) is 0 Å². The summed E-state index contributed by atoms with van der Waals surface area (Å²) in [7, 11) is 0. The number of rotatable bonds is 5. The summed E-state index contributed by atoms with van der Waals surface area (Å²) in [6.45, 7) is 1.97. The molecule has 1 aromatic heterocycles. The molecule has 0 aliphatic carbocycles. The van der Waals surface area contributed by atoms with Crippen LogP contribution in [0.5, 0.6) is 0 Å². The van der Waals surface area contributed by atoms with Gasteiger partial charge in [-0.05, 0) is 17.9 Å². The van der Waals surface area contributed by atoms with Crippen molar-refractivity contribution in [2.24, 2.45) is 4.99 Å². The number of nitro groups is 1. The van der Waals surface area contributed by atoms with Gasteiger partial charge >= 0.3 is 6.18 Å². The van der Waals surface area contributed by atoms with Gasteiger partial charge in [0.05, 0.1) is 16.2 Å². The maximum Gasteiger partial charge on any atom is 0.433 e. The summed E-state index contributed by atoms with van der Waals surface area (Å²) >= 11 is 1.54. The van der Waals surface area contributed by atoms with E-state index in [0.29, 0.717) is 11.8 Å². The van der Waals surface area contributed by atoms with E-state index in [2.05, 4.69) is 9.98 Å². The highest BCUT2D eigenvalue weighted by atomic mass is 32.2. The van der Waals surface area contributed by atoms with Crippen molar-refractivity contribution in [3.05, 3.63) is 57.9 Å². The smallest absolute Gasteiger partial charge is 0.258 e. The first-order valence-corrected chi connectivity index (χ1v) is 7.79. The molecule has 5 nitrogen and oxygen atoms in total. The Morgan fingerprint density at radius 2 is 2.08 bits per heavy atom. The summed E-state index contributed by atoms with van der Waals surface area (Å²) in [5.41, 5.74) is -1.52. The number of para-hydroxylation sites is 1. The fourth-order valence-electron chi connectivity index (χ4n) is 1.85. The van der Waals surface area contributed by atoms with Gasteiger partial charge < -0.3 is 0 Å². The first-order valence-electron chi connectivity index (χ1n) is 6.80. The highest BCUT2D eigenvalue weighted by molar-refractivity contribution is 7.99. The Morgan fingerprint density at radius 3 is 2.71 bits per heavy atom. The number of pyridine rings is 1. The molecule has 0 fully saturated rings. The molecule has 24 heavy (non-hydrogen) atoms. The van der Waals surface area contributed by atoms with Gasteiger partial charge in [0.2, 0.25) is 0 Å². The quantitative estimate of drug-likeness (QED) is 0.332. The predicted octanol–water partition coefficient (Wildman–Crippen LogP) is 4.87. The topological polar surface area (TPSA) is 68.4 Å². The monoisotopic (exact) mass is 355 g/mol. The third-order valence-electron chi connectivity index (χ3n) is 2.91. The van der Waals surface area contributed by atoms with E-state index in [1.54, 1.807) is 23.9 Å². The van der Waals surface area contributed by atoms with Crippen LogP contribution in [0.1, 0.15) is 18.2 Å². The molecule has 1 heterocycles. The van der Waals surface area contributed by atoms with E-state index in [9.17, 15) is 23.3 Å². The molecular weight excluding hydrogens is 343 g/mol. The van der Waals surface area contributed by atoms with Crippen LogP contribution in [0.25, 0.3) is 0 Å². The second-order valence-electron chi connectivity index (χ2n) is 4.54. The molecule has 126 valence electrons. The Morgan fingerprint density at radius 1 is 1.38 bits per heavy atom. The molecule has 0 aliphatic rings. The molecule has 2 rings (SSSR count). The molecule has 0 N–H and O–H groups in total. The van der Waals surface area contributed by atoms with Gasteiger partial charge in [-0.1, -0.05) is 19.1 Å². The van der Waals surface area contributed by atoms with Crippen LogP contribution >= 0.6 is 11.8 Å². The van der Waals surface area contributed by atoms with E-state index in [1.807, 2.05) is 19.1 Å². The number of hydrogen-bond acceptors (Lipinski definition) is 5. The van der Waals surface area contributed by atoms with Gasteiger partial charge in [0, 0.05) is 23.4 Å². The van der Waals surface area contributed by atoms with Crippen molar-refractivity contribution in [1.82, 2.24) is 4.98 Å². The molecular formula is C15H12F3N3O2S. The number of aliphatic imine (C=N–C) groups is 1. The molecule has 0 bridgehead atoms. The molecule has 0 radical (unpaired) electrons. The normalized spacial score (nSPS) is 11.8. The fraction of sp³-hybridized carbons (Fsp3) is 0.200. The number of aromatic nitrogens is 1. The molecule has 0 aliphatic heterocycles. The summed E-state index contributed by atoms with van der Waals surface area (Å²) in [5, 5.41) is 11.0. The second-order valence-corrected chi connectivity index (χ2v) is 5.85. The number of benzene rings is 1. The van der Waals surface area contributed by atoms with Gasteiger partial charge in [-0.15, -0.1) is 11.8 Å². The van der Waals surface area contributed by atoms with Crippen molar-refractivity contribution < 1.29 is 18.1 Å². The van der Waals surface area contributed by atoms with Crippen LogP contribution in [-0.4, -0.2) is 21.9 Å². The zero-order valence-electron chi connectivity index (χ0n) is 12.4. The van der Waals surface area contributed by atoms with Crippen LogP contribution in [0.15, 0.2) is 46.4 Å². The van der Waals surface area contributed by atoms with Crippen LogP contribution in [0.4, 0.5) is 24.5 Å². The summed E-state index contributed by atoms with van der Waals surface area (Å²) < 4.78 is 37.9. The molecule has 0 spiro atoms. The van der Waals surface area contributed by atoms with Gasteiger partial charge in [0.1, 0.15) is 0 Å². The van der Waals surface area contributed by atoms with Crippen molar-refractivity contribution in [3.8, 4) is 0 Å². The maximum absolute atomic E-state index is 12.6. The predicted molar refractivity (Wildman–Crippen MR) is 86.0 cm³/mol. The van der Waals surface area contributed by atoms with Crippen LogP contribution < -0.4 is 0 Å². The average molecular weight is 355 g/mol. The summed E-state index contributed by atoms with van der Waals surface area (Å²) in [6.07, 6.45) is -2.79. The highest BCUT2D eigenvalue weighted by Crippen LogP contribution is 2.32. The Balaban J connectivity index is 2.41. The second kappa shape index (κ2) is 7.43. The largest absolute Gasteiger partial charge is 0.433 e. The van der Waals surface area contributed by atoms with Gasteiger partial charge in [0.15, 0.2) is 5.69 Å². The van der Waals surface area contributed by atoms with Crippen molar-refractivity contribution in [2.45, 2.75) is 18.0 Å². The number of thioether (sulfide) groups is 1. The average Bonchev–Trinajstić information content (AvgIpc) is 2.53. The third kappa shape index (κ3) is 4.31. The van der Waals surface area contributed by atoms with E-state index in [0.717, 1.165) is 23.1 Å². The summed E-state index contributed by atoms with van der Waals surface area (Å²) in [5.74, 6) is 0.814. The SMILES string of the molecule is CCSc1ccccc1/N=C/c1cnc(C(F)(F)F)cc1[N+](=O)[O-]. The lowest BCUT2D eigenvalue weighted by Crippen LogP contribution is -2.09. The van der Waals surface area contributed by atoms with Crippen molar-refractivity contribution in [3.63, 3.8) is 0 Å². The van der Waals surface area contributed by atoms with Crippen LogP contribution in [0, 0.1) is 10.1 Å². The summed E-state index contributed by atoms with van der Waals surface area (Å²) in [4.78, 5) is 18.4. The molecule has 0 saturated heterocycles. The minimum absolute atomic E-state index is 0.0932. The van der Waals surface area contributed by atoms with Crippen molar-refractivity contribution in [1.29, 1.82) is 0 Å². The van der Waals surface area contributed by atoms with E-state index < -0.39 is 22.5 Å². The van der Waals surface area contributed by atoms with E-state index in [4.69, 9.17) is 0 Å². The summed E-state index contributed by atoms with van der Waals surface area (Å²) in [6, 6.07) is 7.57. The number of nitrogens with zero attached hydrogens (tertiary/aromatic N) is 3. The standard InChI is InChI=1S/C15H12F3N3O2S/c1-2-24-13-6-4-3-5-11(13)19-8-10-9-20-14(15(16,17)18)7-12(10)21(22)23/h3-9H,2H2,1H3/b19-8+. The van der Waals surface area contributed by atoms with Crippen LogP contribution in [0.2, 0.25) is 0 Å². The zero-order chi connectivity index (χ0) is 17.7. The molecule has 0 atom stereocenters. The van der Waals surface area contributed by atoms with Crippen LogP contribution in [0.3, 0.4) is 0 Å². The van der Waals surface area contributed by atoms with Gasteiger partial charge in [-0.2, -0.15) is 13.2 Å². The third-order valence-corrected chi connectivity index (χ3v) is 3.85. The van der Waals surface area contributed by atoms with Crippen molar-refractivity contribution >= 4 is 29.4 Å². The zero-order valence-corrected chi connectivity index (χ0v) is 13.3. The van der Waals surface area contributed by atoms with Gasteiger partial charge in [-0.25, -0.2) is 0 Å². The Bertz CT molecular complexity index is 779. The Kier molecular flexibility index (Phi) is 5.55. The van der Waals surface area contributed by atoms with Crippen molar-refractivity contribution in [2.75, 3.05) is 5.75 Å². The number of halogens is 3. The van der Waals surface area contributed by atoms with Gasteiger partial charge in [0.25, 0.3) is 5.69 Å². The number of hydrogen-bond donors (Lipinski definition) is 0. The van der Waals surface area contributed by atoms with E-state index >= 15 is 0 Å². The minimum Gasteiger partial charge on any atom is -0.258 e.